The second kappa shape index (κ2) is 7.14. The van der Waals surface area contributed by atoms with Crippen molar-refractivity contribution in [3.8, 4) is 0 Å². The maximum absolute atomic E-state index is 12.6. The van der Waals surface area contributed by atoms with E-state index in [0.717, 1.165) is 5.69 Å². The van der Waals surface area contributed by atoms with Crippen molar-refractivity contribution < 1.29 is 8.42 Å². The Bertz CT molecular complexity index is 726. The molecule has 0 aliphatic rings. The Labute approximate surface area is 138 Å². The van der Waals surface area contributed by atoms with Crippen LogP contribution in [0, 0.1) is 0 Å². The first-order valence-electron chi connectivity index (χ1n) is 7.59. The molecule has 7 heteroatoms. The van der Waals surface area contributed by atoms with Crippen LogP contribution in [0.3, 0.4) is 0 Å². The highest BCUT2D eigenvalue weighted by molar-refractivity contribution is 7.89. The molecule has 1 aromatic heterocycles. The fraction of sp³-hybridized carbons (Fsp3) is 0.438. The highest BCUT2D eigenvalue weighted by atomic mass is 32.2. The molecule has 0 fully saturated rings. The van der Waals surface area contributed by atoms with E-state index >= 15 is 0 Å². The van der Waals surface area contributed by atoms with Crippen molar-refractivity contribution in [2.75, 3.05) is 32.1 Å². The summed E-state index contributed by atoms with van der Waals surface area (Å²) in [4.78, 5) is 2.26. The van der Waals surface area contributed by atoms with Gasteiger partial charge in [0.15, 0.2) is 0 Å². The zero-order chi connectivity index (χ0) is 17.0. The molecular weight excluding hydrogens is 312 g/mol. The summed E-state index contributed by atoms with van der Waals surface area (Å²) in [5.41, 5.74) is 1.06. The highest BCUT2D eigenvalue weighted by Crippen LogP contribution is 2.16. The fourth-order valence-corrected chi connectivity index (χ4v) is 3.24. The molecule has 2 aromatic rings. The summed E-state index contributed by atoms with van der Waals surface area (Å²) in [6, 6.07) is 10.0. The van der Waals surface area contributed by atoms with Gasteiger partial charge in [-0.1, -0.05) is 18.2 Å². The third-order valence-electron chi connectivity index (χ3n) is 3.76. The molecule has 23 heavy (non-hydrogen) atoms. The van der Waals surface area contributed by atoms with Gasteiger partial charge < -0.3 is 4.90 Å². The molecule has 0 amide bonds. The minimum Gasteiger partial charge on any atom is -0.373 e. The molecule has 0 aliphatic carbocycles. The lowest BCUT2D eigenvalue weighted by Gasteiger charge is -2.23. The molecule has 0 saturated heterocycles. The Morgan fingerprint density at radius 1 is 1.13 bits per heavy atom. The van der Waals surface area contributed by atoms with Crippen LogP contribution in [0.4, 0.5) is 5.69 Å². The maximum atomic E-state index is 12.6. The Morgan fingerprint density at radius 2 is 1.78 bits per heavy atom. The first kappa shape index (κ1) is 17.5. The summed E-state index contributed by atoms with van der Waals surface area (Å²) in [7, 11) is 0.0429. The molecule has 2 rings (SSSR count). The van der Waals surface area contributed by atoms with E-state index in [2.05, 4.69) is 5.10 Å². The van der Waals surface area contributed by atoms with Crippen LogP contribution in [0.2, 0.25) is 0 Å². The van der Waals surface area contributed by atoms with Gasteiger partial charge in [-0.25, -0.2) is 8.42 Å². The van der Waals surface area contributed by atoms with Crippen molar-refractivity contribution >= 4 is 15.7 Å². The van der Waals surface area contributed by atoms with Gasteiger partial charge in [0.2, 0.25) is 10.0 Å². The Morgan fingerprint density at radius 3 is 2.35 bits per heavy atom. The van der Waals surface area contributed by atoms with E-state index in [1.807, 2.05) is 56.1 Å². The minimum atomic E-state index is -3.51. The van der Waals surface area contributed by atoms with Crippen molar-refractivity contribution in [1.29, 1.82) is 0 Å². The monoisotopic (exact) mass is 336 g/mol. The topological polar surface area (TPSA) is 58.4 Å². The molecule has 0 unspecified atom stereocenters. The number of aromatic nitrogens is 2. The van der Waals surface area contributed by atoms with Crippen molar-refractivity contribution in [1.82, 2.24) is 14.1 Å². The quantitative estimate of drug-likeness (QED) is 0.778. The molecule has 126 valence electrons. The zero-order valence-corrected chi connectivity index (χ0v) is 14.9. The van der Waals surface area contributed by atoms with Gasteiger partial charge in [0.25, 0.3) is 0 Å². The highest BCUT2D eigenvalue weighted by Gasteiger charge is 2.23. The van der Waals surface area contributed by atoms with Crippen LogP contribution in [0.1, 0.15) is 19.9 Å². The van der Waals surface area contributed by atoms with Gasteiger partial charge >= 0.3 is 0 Å². The van der Waals surface area contributed by atoms with Crippen molar-refractivity contribution in [2.24, 2.45) is 0 Å². The van der Waals surface area contributed by atoms with Crippen molar-refractivity contribution in [2.45, 2.75) is 24.8 Å². The summed E-state index contributed by atoms with van der Waals surface area (Å²) < 4.78 is 28.2. The van der Waals surface area contributed by atoms with Gasteiger partial charge in [-0.2, -0.15) is 9.40 Å². The lowest BCUT2D eigenvalue weighted by Crippen LogP contribution is -2.34. The lowest BCUT2D eigenvalue weighted by molar-refractivity contribution is 0.473. The van der Waals surface area contributed by atoms with Crippen LogP contribution >= 0.6 is 0 Å². The third kappa shape index (κ3) is 4.11. The molecular formula is C16H24N4O2S. The van der Waals surface area contributed by atoms with Crippen LogP contribution in [0.5, 0.6) is 0 Å². The second-order valence-electron chi connectivity index (χ2n) is 5.83. The fourth-order valence-electron chi connectivity index (χ4n) is 2.14. The van der Waals surface area contributed by atoms with E-state index in [0.29, 0.717) is 13.1 Å². The zero-order valence-electron chi connectivity index (χ0n) is 14.0. The molecule has 0 radical (unpaired) electrons. The van der Waals surface area contributed by atoms with Crippen LogP contribution in [-0.2, 0) is 10.0 Å². The Hall–Kier alpha value is -1.86. The van der Waals surface area contributed by atoms with Gasteiger partial charge in [0.05, 0.1) is 6.20 Å². The first-order chi connectivity index (χ1) is 10.8. The van der Waals surface area contributed by atoms with Gasteiger partial charge in [0, 0.05) is 45.1 Å². The predicted octanol–water partition coefficient (Wildman–Crippen LogP) is 2.22. The van der Waals surface area contributed by atoms with Gasteiger partial charge in [0.1, 0.15) is 4.90 Å². The smallest absolute Gasteiger partial charge is 0.246 e. The Kier molecular flexibility index (Phi) is 5.43. The molecule has 0 bridgehead atoms. The molecule has 1 aromatic carbocycles. The molecule has 0 spiro atoms. The summed E-state index contributed by atoms with van der Waals surface area (Å²) >= 11 is 0. The average Bonchev–Trinajstić information content (AvgIpc) is 3.04. The van der Waals surface area contributed by atoms with Gasteiger partial charge in [-0.3, -0.25) is 4.68 Å². The molecule has 0 atom stereocenters. The van der Waals surface area contributed by atoms with Gasteiger partial charge in [-0.05, 0) is 26.0 Å². The standard InChI is InChI=1S/C16H24N4O2S/c1-14(2)20-13-16(12-17-20)23(21,22)19(4)11-10-18(3)15-8-6-5-7-9-15/h5-9,12-14H,10-11H2,1-4H3. The summed E-state index contributed by atoms with van der Waals surface area (Å²) in [5.74, 6) is 0. The maximum Gasteiger partial charge on any atom is 0.246 e. The Balaban J connectivity index is 2.02. The largest absolute Gasteiger partial charge is 0.373 e. The molecule has 0 N–H and O–H groups in total. The van der Waals surface area contributed by atoms with E-state index < -0.39 is 10.0 Å². The van der Waals surface area contributed by atoms with E-state index in [1.54, 1.807) is 17.9 Å². The average molecular weight is 336 g/mol. The number of benzene rings is 1. The summed E-state index contributed by atoms with van der Waals surface area (Å²) in [6.07, 6.45) is 2.99. The molecule has 6 nitrogen and oxygen atoms in total. The van der Waals surface area contributed by atoms with E-state index in [1.165, 1.54) is 10.5 Å². The number of rotatable bonds is 7. The van der Waals surface area contributed by atoms with Crippen molar-refractivity contribution in [3.63, 3.8) is 0 Å². The number of likely N-dealkylation sites (N-methyl/N-ethyl adjacent to an activating group) is 2. The normalized spacial score (nSPS) is 12.1. The number of hydrogen-bond donors (Lipinski definition) is 0. The first-order valence-corrected chi connectivity index (χ1v) is 9.03. The summed E-state index contributed by atoms with van der Waals surface area (Å²) in [5, 5.41) is 4.11. The van der Waals surface area contributed by atoms with E-state index in [4.69, 9.17) is 0 Å². The van der Waals surface area contributed by atoms with Crippen LogP contribution in [-0.4, -0.2) is 49.7 Å². The molecule has 0 aliphatic heterocycles. The van der Waals surface area contributed by atoms with Crippen molar-refractivity contribution in [3.05, 3.63) is 42.7 Å². The van der Waals surface area contributed by atoms with E-state index in [-0.39, 0.29) is 10.9 Å². The SMILES string of the molecule is CC(C)n1cc(S(=O)(=O)N(C)CCN(C)c2ccccc2)cn1. The van der Waals surface area contributed by atoms with Crippen LogP contribution in [0.25, 0.3) is 0 Å². The van der Waals surface area contributed by atoms with Gasteiger partial charge in [-0.15, -0.1) is 0 Å². The lowest BCUT2D eigenvalue weighted by atomic mass is 10.3. The molecule has 1 heterocycles. The minimum absolute atomic E-state index is 0.133. The molecule has 0 saturated carbocycles. The number of hydrogen-bond acceptors (Lipinski definition) is 4. The third-order valence-corrected chi connectivity index (χ3v) is 5.57. The predicted molar refractivity (Wildman–Crippen MR) is 92.1 cm³/mol. The number of sulfonamides is 1. The van der Waals surface area contributed by atoms with Crippen LogP contribution < -0.4 is 4.90 Å². The number of para-hydroxylation sites is 1. The van der Waals surface area contributed by atoms with E-state index in [9.17, 15) is 8.42 Å². The number of nitrogens with zero attached hydrogens (tertiary/aromatic N) is 4. The second-order valence-corrected chi connectivity index (χ2v) is 7.88. The number of anilines is 1. The summed E-state index contributed by atoms with van der Waals surface area (Å²) in [6.45, 7) is 4.93. The van der Waals surface area contributed by atoms with Crippen LogP contribution in [0.15, 0.2) is 47.6 Å².